The summed E-state index contributed by atoms with van der Waals surface area (Å²) in [6.45, 7) is 2.74. The van der Waals surface area contributed by atoms with Gasteiger partial charge in [-0.25, -0.2) is 9.59 Å². The molecule has 130 valence electrons. The van der Waals surface area contributed by atoms with E-state index in [2.05, 4.69) is 10.3 Å². The van der Waals surface area contributed by atoms with Gasteiger partial charge in [-0.2, -0.15) is 0 Å². The van der Waals surface area contributed by atoms with Gasteiger partial charge in [0.2, 0.25) is 0 Å². The molecule has 0 aliphatic carbocycles. The molecule has 2 aromatic rings. The van der Waals surface area contributed by atoms with Gasteiger partial charge < -0.3 is 15.0 Å². The van der Waals surface area contributed by atoms with Crippen molar-refractivity contribution in [3.05, 3.63) is 54.4 Å². The normalized spacial score (nSPS) is 14.8. The third-order valence-corrected chi connectivity index (χ3v) is 4.27. The summed E-state index contributed by atoms with van der Waals surface area (Å²) in [5.41, 5.74) is 2.13. The fourth-order valence-corrected chi connectivity index (χ4v) is 2.65. The van der Waals surface area contributed by atoms with Gasteiger partial charge in [0.15, 0.2) is 0 Å². The standard InChI is InChI=1S/C18H20N4O3/c1-13(14-6-5-9-19-12-14)21(2)17(23)20-15-7-3-4-8-16(15)22-10-11-25-18(22)24/h3-9,12-13H,10-11H2,1-2H3,(H,20,23). The Kier molecular flexibility index (Phi) is 4.83. The van der Waals surface area contributed by atoms with Crippen LogP contribution >= 0.6 is 0 Å². The zero-order valence-electron chi connectivity index (χ0n) is 14.2. The van der Waals surface area contributed by atoms with Crippen LogP contribution in [0.25, 0.3) is 0 Å². The van der Waals surface area contributed by atoms with Crippen LogP contribution < -0.4 is 10.2 Å². The van der Waals surface area contributed by atoms with E-state index in [0.29, 0.717) is 24.5 Å². The molecule has 1 aliphatic rings. The minimum absolute atomic E-state index is 0.141. The molecule has 1 N–H and O–H groups in total. The van der Waals surface area contributed by atoms with Gasteiger partial charge in [0.05, 0.1) is 24.0 Å². The number of urea groups is 1. The Morgan fingerprint density at radius 1 is 1.32 bits per heavy atom. The minimum atomic E-state index is -0.404. The fourth-order valence-electron chi connectivity index (χ4n) is 2.65. The average Bonchev–Trinajstić information content (AvgIpc) is 3.07. The zero-order valence-corrected chi connectivity index (χ0v) is 14.2. The van der Waals surface area contributed by atoms with E-state index in [4.69, 9.17) is 4.74 Å². The van der Waals surface area contributed by atoms with Crippen molar-refractivity contribution in [2.75, 3.05) is 30.4 Å². The monoisotopic (exact) mass is 340 g/mol. The summed E-state index contributed by atoms with van der Waals surface area (Å²) < 4.78 is 4.98. The minimum Gasteiger partial charge on any atom is -0.447 e. The number of rotatable bonds is 4. The van der Waals surface area contributed by atoms with Crippen LogP contribution in [-0.4, -0.2) is 42.2 Å². The molecule has 1 unspecified atom stereocenters. The number of pyridine rings is 1. The van der Waals surface area contributed by atoms with Crippen LogP contribution in [0.2, 0.25) is 0 Å². The molecule has 0 radical (unpaired) electrons. The number of aromatic nitrogens is 1. The highest BCUT2D eigenvalue weighted by molar-refractivity contribution is 5.99. The van der Waals surface area contributed by atoms with Crippen molar-refractivity contribution in [2.24, 2.45) is 0 Å². The molecule has 1 fully saturated rings. The number of hydrogen-bond acceptors (Lipinski definition) is 4. The second-order valence-electron chi connectivity index (χ2n) is 5.79. The highest BCUT2D eigenvalue weighted by atomic mass is 16.6. The maximum atomic E-state index is 12.6. The Morgan fingerprint density at radius 2 is 2.12 bits per heavy atom. The maximum Gasteiger partial charge on any atom is 0.414 e. The van der Waals surface area contributed by atoms with Gasteiger partial charge in [-0.15, -0.1) is 0 Å². The number of hydrogen-bond donors (Lipinski definition) is 1. The first-order chi connectivity index (χ1) is 12.1. The number of amides is 3. The molecule has 0 saturated carbocycles. The van der Waals surface area contributed by atoms with Crippen LogP contribution in [0.3, 0.4) is 0 Å². The van der Waals surface area contributed by atoms with Gasteiger partial charge in [-0.05, 0) is 30.7 Å². The molecule has 25 heavy (non-hydrogen) atoms. The van der Waals surface area contributed by atoms with Gasteiger partial charge in [-0.1, -0.05) is 18.2 Å². The van der Waals surface area contributed by atoms with E-state index < -0.39 is 6.09 Å². The average molecular weight is 340 g/mol. The molecular weight excluding hydrogens is 320 g/mol. The summed E-state index contributed by atoms with van der Waals surface area (Å²) in [5.74, 6) is 0. The third kappa shape index (κ3) is 3.55. The van der Waals surface area contributed by atoms with Gasteiger partial charge in [-0.3, -0.25) is 9.88 Å². The highest BCUT2D eigenvalue weighted by Crippen LogP contribution is 2.29. The first-order valence-corrected chi connectivity index (χ1v) is 8.05. The topological polar surface area (TPSA) is 74.8 Å². The molecule has 1 atom stereocenters. The predicted octanol–water partition coefficient (Wildman–Crippen LogP) is 3.26. The van der Waals surface area contributed by atoms with E-state index >= 15 is 0 Å². The van der Waals surface area contributed by atoms with Crippen molar-refractivity contribution >= 4 is 23.5 Å². The fraction of sp³-hybridized carbons (Fsp3) is 0.278. The maximum absolute atomic E-state index is 12.6. The number of carbonyl (C=O) groups excluding carboxylic acids is 2. The summed E-state index contributed by atoms with van der Waals surface area (Å²) in [5, 5.41) is 2.88. The van der Waals surface area contributed by atoms with Gasteiger partial charge >= 0.3 is 12.1 Å². The highest BCUT2D eigenvalue weighted by Gasteiger charge is 2.26. The Balaban J connectivity index is 1.76. The second kappa shape index (κ2) is 7.21. The van der Waals surface area contributed by atoms with E-state index in [1.54, 1.807) is 36.5 Å². The molecule has 1 aromatic carbocycles. The van der Waals surface area contributed by atoms with Crippen LogP contribution in [0, 0.1) is 0 Å². The molecule has 1 saturated heterocycles. The first-order valence-electron chi connectivity index (χ1n) is 8.05. The summed E-state index contributed by atoms with van der Waals surface area (Å²) in [6, 6.07) is 10.5. The molecule has 3 rings (SSSR count). The van der Waals surface area contributed by atoms with Crippen LogP contribution in [0.5, 0.6) is 0 Å². The molecule has 7 heteroatoms. The number of carbonyl (C=O) groups is 2. The molecule has 1 aliphatic heterocycles. The summed E-state index contributed by atoms with van der Waals surface area (Å²) in [7, 11) is 1.72. The number of anilines is 2. The predicted molar refractivity (Wildman–Crippen MR) is 94.6 cm³/mol. The Morgan fingerprint density at radius 3 is 2.80 bits per heavy atom. The number of para-hydroxylation sites is 2. The largest absolute Gasteiger partial charge is 0.447 e. The zero-order chi connectivity index (χ0) is 17.8. The van der Waals surface area contributed by atoms with Crippen molar-refractivity contribution in [3.63, 3.8) is 0 Å². The quantitative estimate of drug-likeness (QED) is 0.927. The van der Waals surface area contributed by atoms with Crippen LogP contribution in [-0.2, 0) is 4.74 Å². The Labute approximate surface area is 146 Å². The molecule has 1 aromatic heterocycles. The van der Waals surface area contributed by atoms with Crippen molar-refractivity contribution in [3.8, 4) is 0 Å². The van der Waals surface area contributed by atoms with Gasteiger partial charge in [0, 0.05) is 19.4 Å². The lowest BCUT2D eigenvalue weighted by molar-refractivity contribution is 0.181. The summed E-state index contributed by atoms with van der Waals surface area (Å²) in [4.78, 5) is 31.6. The van der Waals surface area contributed by atoms with E-state index in [9.17, 15) is 9.59 Å². The Bertz CT molecular complexity index is 766. The van der Waals surface area contributed by atoms with Crippen molar-refractivity contribution in [2.45, 2.75) is 13.0 Å². The number of ether oxygens (including phenoxy) is 1. The number of benzene rings is 1. The van der Waals surface area contributed by atoms with E-state index in [0.717, 1.165) is 5.56 Å². The Hall–Kier alpha value is -3.09. The summed E-state index contributed by atoms with van der Waals surface area (Å²) in [6.07, 6.45) is 3.03. The SMILES string of the molecule is CC(c1cccnc1)N(C)C(=O)Nc1ccccc1N1CCOC1=O. The molecule has 7 nitrogen and oxygen atoms in total. The molecule has 0 bridgehead atoms. The molecule has 0 spiro atoms. The van der Waals surface area contributed by atoms with E-state index in [1.807, 2.05) is 31.2 Å². The van der Waals surface area contributed by atoms with E-state index in [1.165, 1.54) is 4.90 Å². The van der Waals surface area contributed by atoms with Crippen LogP contribution in [0.4, 0.5) is 21.0 Å². The number of nitrogens with one attached hydrogen (secondary N) is 1. The number of nitrogens with zero attached hydrogens (tertiary/aromatic N) is 3. The van der Waals surface area contributed by atoms with Crippen molar-refractivity contribution < 1.29 is 14.3 Å². The summed E-state index contributed by atoms with van der Waals surface area (Å²) >= 11 is 0. The lowest BCUT2D eigenvalue weighted by atomic mass is 10.1. The van der Waals surface area contributed by atoms with Crippen molar-refractivity contribution in [1.29, 1.82) is 0 Å². The van der Waals surface area contributed by atoms with E-state index in [-0.39, 0.29) is 12.1 Å². The smallest absolute Gasteiger partial charge is 0.414 e. The third-order valence-electron chi connectivity index (χ3n) is 4.27. The lowest BCUT2D eigenvalue weighted by Crippen LogP contribution is -2.34. The van der Waals surface area contributed by atoms with Gasteiger partial charge in [0.25, 0.3) is 0 Å². The first kappa shape index (κ1) is 16.8. The van der Waals surface area contributed by atoms with Crippen molar-refractivity contribution in [1.82, 2.24) is 9.88 Å². The van der Waals surface area contributed by atoms with Crippen LogP contribution in [0.1, 0.15) is 18.5 Å². The van der Waals surface area contributed by atoms with Crippen LogP contribution in [0.15, 0.2) is 48.8 Å². The number of cyclic esters (lactones) is 1. The molecule has 2 heterocycles. The second-order valence-corrected chi connectivity index (χ2v) is 5.79. The van der Waals surface area contributed by atoms with Gasteiger partial charge in [0.1, 0.15) is 6.61 Å². The lowest BCUT2D eigenvalue weighted by Gasteiger charge is -2.26. The molecule has 3 amide bonds. The molecular formula is C18H20N4O3.